The van der Waals surface area contributed by atoms with E-state index in [4.69, 9.17) is 16.7 Å². The maximum Gasteiger partial charge on any atom is 0.340 e. The minimum Gasteiger partial charge on any atom is -0.479 e. The van der Waals surface area contributed by atoms with Crippen LogP contribution in [0.15, 0.2) is 78.9 Å². The van der Waals surface area contributed by atoms with Crippen LogP contribution in [-0.2, 0) is 17.9 Å². The number of allylic oxidation sites excluding steroid dienone is 2. The third-order valence-corrected chi connectivity index (χ3v) is 6.96. The molecule has 1 unspecified atom stereocenters. The van der Waals surface area contributed by atoms with Gasteiger partial charge < -0.3 is 15.7 Å². The van der Waals surface area contributed by atoms with E-state index in [-0.39, 0.29) is 18.1 Å². The first kappa shape index (κ1) is 28.8. The Balaban J connectivity index is 1.49. The predicted octanol–water partition coefficient (Wildman–Crippen LogP) is 6.37. The molecule has 0 bridgehead atoms. The maximum atomic E-state index is 13.4. The van der Waals surface area contributed by atoms with Crippen molar-refractivity contribution in [3.05, 3.63) is 106 Å². The van der Waals surface area contributed by atoms with Crippen molar-refractivity contribution in [2.45, 2.75) is 44.9 Å². The van der Waals surface area contributed by atoms with Crippen LogP contribution in [0.1, 0.15) is 52.7 Å². The first-order valence-electron chi connectivity index (χ1n) is 13.1. The average Bonchev–Trinajstić information content (AvgIpc) is 2.99. The van der Waals surface area contributed by atoms with E-state index in [1.54, 1.807) is 41.3 Å². The highest BCUT2D eigenvalue weighted by Crippen LogP contribution is 2.28. The van der Waals surface area contributed by atoms with Crippen LogP contribution in [0.2, 0.25) is 5.02 Å². The van der Waals surface area contributed by atoms with Gasteiger partial charge in [-0.2, -0.15) is 0 Å². The molecule has 0 aromatic heterocycles. The number of aliphatic carboxylic acids is 1. The van der Waals surface area contributed by atoms with Crippen molar-refractivity contribution in [2.24, 2.45) is 0 Å². The van der Waals surface area contributed by atoms with Gasteiger partial charge in [-0.1, -0.05) is 54.1 Å². The third kappa shape index (κ3) is 7.93. The smallest absolute Gasteiger partial charge is 0.340 e. The van der Waals surface area contributed by atoms with E-state index in [0.717, 1.165) is 35.2 Å². The number of rotatable bonds is 10. The molecule has 3 amide bonds. The average molecular weight is 564 g/mol. The zero-order valence-electron chi connectivity index (χ0n) is 21.9. The highest BCUT2D eigenvalue weighted by atomic mass is 35.5. The van der Waals surface area contributed by atoms with Gasteiger partial charge in [0.25, 0.3) is 5.91 Å². The summed E-state index contributed by atoms with van der Waals surface area (Å²) in [6.07, 6.45) is 4.62. The minimum atomic E-state index is -2.18. The van der Waals surface area contributed by atoms with Crippen LogP contribution >= 0.6 is 11.6 Å². The summed E-state index contributed by atoms with van der Waals surface area (Å²) in [5.74, 6) is -2.21. The zero-order valence-corrected chi connectivity index (χ0v) is 22.7. The lowest BCUT2D eigenvalue weighted by molar-refractivity contribution is -0.142. The van der Waals surface area contributed by atoms with E-state index in [1.807, 2.05) is 36.4 Å². The monoisotopic (exact) mass is 563 g/mol. The van der Waals surface area contributed by atoms with Crippen LogP contribution in [0.3, 0.4) is 0 Å². The first-order chi connectivity index (χ1) is 19.3. The number of carboxylic acid groups (broad SMARTS) is 1. The number of nitrogens with one attached hydrogen (secondary N) is 2. The Morgan fingerprint density at radius 2 is 1.57 bits per heavy atom. The lowest BCUT2D eigenvalue weighted by atomic mass is 9.93. The minimum absolute atomic E-state index is 0.238. The van der Waals surface area contributed by atoms with Crippen molar-refractivity contribution in [2.75, 3.05) is 11.4 Å². The third-order valence-electron chi connectivity index (χ3n) is 6.71. The largest absolute Gasteiger partial charge is 0.479 e. The fourth-order valence-corrected chi connectivity index (χ4v) is 4.55. The van der Waals surface area contributed by atoms with Gasteiger partial charge in [0, 0.05) is 22.8 Å². The number of carbonyl (C=O) groups is 3. The SMILES string of the molecule is O=C(NCC(F)C(=O)O)c1ccc(CN(C(=O)NCc2ccc(Cl)cc2)c2ccc(C3=CCCCC3)cc2)cc1. The molecular weight excluding hydrogens is 533 g/mol. The predicted molar refractivity (Wildman–Crippen MR) is 154 cm³/mol. The summed E-state index contributed by atoms with van der Waals surface area (Å²) in [6.45, 7) is -0.0607. The number of anilines is 1. The van der Waals surface area contributed by atoms with Crippen molar-refractivity contribution < 1.29 is 23.9 Å². The van der Waals surface area contributed by atoms with E-state index in [9.17, 15) is 18.8 Å². The second-order valence-corrected chi connectivity index (χ2v) is 10.0. The molecule has 0 saturated heterocycles. The van der Waals surface area contributed by atoms with E-state index in [1.165, 1.54) is 18.4 Å². The van der Waals surface area contributed by atoms with Crippen LogP contribution in [0.5, 0.6) is 0 Å². The van der Waals surface area contributed by atoms with E-state index in [2.05, 4.69) is 16.7 Å². The Labute approximate surface area is 237 Å². The molecule has 0 spiro atoms. The molecule has 0 heterocycles. The molecular formula is C31H31ClFN3O4. The first-order valence-corrected chi connectivity index (χ1v) is 13.5. The molecule has 1 aliphatic carbocycles. The molecule has 7 nitrogen and oxygen atoms in total. The molecule has 0 aliphatic heterocycles. The molecule has 208 valence electrons. The van der Waals surface area contributed by atoms with Gasteiger partial charge in [-0.25, -0.2) is 14.0 Å². The second-order valence-electron chi connectivity index (χ2n) is 9.61. The zero-order chi connectivity index (χ0) is 28.5. The Morgan fingerprint density at radius 1 is 0.900 bits per heavy atom. The van der Waals surface area contributed by atoms with Crippen molar-refractivity contribution in [1.82, 2.24) is 10.6 Å². The fraction of sp³-hybridized carbons (Fsp3) is 0.258. The van der Waals surface area contributed by atoms with Crippen LogP contribution in [-0.4, -0.2) is 35.7 Å². The summed E-state index contributed by atoms with van der Waals surface area (Å²) in [5, 5.41) is 14.5. The highest BCUT2D eigenvalue weighted by Gasteiger charge is 2.19. The Kier molecular flexibility index (Phi) is 9.91. The van der Waals surface area contributed by atoms with Crippen LogP contribution < -0.4 is 15.5 Å². The second kappa shape index (κ2) is 13.8. The normalized spacial score (nSPS) is 13.6. The molecule has 0 radical (unpaired) electrons. The van der Waals surface area contributed by atoms with Crippen LogP contribution in [0, 0.1) is 0 Å². The summed E-state index contributed by atoms with van der Waals surface area (Å²) in [7, 11) is 0. The van der Waals surface area contributed by atoms with Gasteiger partial charge in [-0.05, 0) is 84.3 Å². The number of hydrogen-bond acceptors (Lipinski definition) is 3. The van der Waals surface area contributed by atoms with Gasteiger partial charge in [0.15, 0.2) is 0 Å². The molecule has 3 aromatic carbocycles. The summed E-state index contributed by atoms with van der Waals surface area (Å²) in [5.41, 5.74) is 5.13. The Hall–Kier alpha value is -4.17. The maximum absolute atomic E-state index is 13.4. The molecule has 0 fully saturated rings. The van der Waals surface area contributed by atoms with Crippen molar-refractivity contribution in [3.8, 4) is 0 Å². The fourth-order valence-electron chi connectivity index (χ4n) is 4.43. The standard InChI is InChI=1S/C31H31ClFN3O4/c32-26-14-8-21(9-15-26)18-35-31(40)36(27-16-12-24(13-17-27)23-4-2-1-3-5-23)20-22-6-10-25(11-7-22)29(37)34-19-28(33)30(38)39/h4,6-17,28H,1-3,5,18-20H2,(H,34,37)(H,35,40)(H,38,39). The van der Waals surface area contributed by atoms with Gasteiger partial charge in [-0.15, -0.1) is 0 Å². The van der Waals surface area contributed by atoms with Gasteiger partial charge in [0.05, 0.1) is 13.1 Å². The summed E-state index contributed by atoms with van der Waals surface area (Å²) in [4.78, 5) is 37.9. The number of alkyl halides is 1. The molecule has 9 heteroatoms. The number of carbonyl (C=O) groups excluding carboxylic acids is 2. The summed E-state index contributed by atoms with van der Waals surface area (Å²) in [6, 6.07) is 21.4. The van der Waals surface area contributed by atoms with Gasteiger partial charge in [0.2, 0.25) is 6.17 Å². The number of nitrogens with zero attached hydrogens (tertiary/aromatic N) is 1. The Bertz CT molecular complexity index is 1360. The molecule has 3 N–H and O–H groups in total. The van der Waals surface area contributed by atoms with Crippen molar-refractivity contribution in [1.29, 1.82) is 0 Å². The van der Waals surface area contributed by atoms with E-state index >= 15 is 0 Å². The van der Waals surface area contributed by atoms with Crippen LogP contribution in [0.4, 0.5) is 14.9 Å². The summed E-state index contributed by atoms with van der Waals surface area (Å²) < 4.78 is 13.3. The molecule has 1 aliphatic rings. The van der Waals surface area contributed by atoms with Crippen molar-refractivity contribution in [3.63, 3.8) is 0 Å². The quantitative estimate of drug-likeness (QED) is 0.267. The topological polar surface area (TPSA) is 98.7 Å². The summed E-state index contributed by atoms with van der Waals surface area (Å²) >= 11 is 5.97. The van der Waals surface area contributed by atoms with Crippen LogP contribution in [0.25, 0.3) is 5.57 Å². The Morgan fingerprint density at radius 3 is 2.20 bits per heavy atom. The lowest BCUT2D eigenvalue weighted by Gasteiger charge is -2.24. The van der Waals surface area contributed by atoms with Gasteiger partial charge in [0.1, 0.15) is 0 Å². The molecule has 4 rings (SSSR count). The van der Waals surface area contributed by atoms with Crippen molar-refractivity contribution >= 4 is 40.8 Å². The number of hydrogen-bond donors (Lipinski definition) is 3. The molecule has 0 saturated carbocycles. The molecule has 1 atom stereocenters. The molecule has 3 aromatic rings. The number of carboxylic acids is 1. The number of amides is 3. The number of halogens is 2. The van der Waals surface area contributed by atoms with Gasteiger partial charge in [-0.3, -0.25) is 9.69 Å². The van der Waals surface area contributed by atoms with Gasteiger partial charge >= 0.3 is 12.0 Å². The highest BCUT2D eigenvalue weighted by molar-refractivity contribution is 6.30. The van der Waals surface area contributed by atoms with E-state index in [0.29, 0.717) is 11.6 Å². The lowest BCUT2D eigenvalue weighted by Crippen LogP contribution is -2.39. The number of urea groups is 1. The van der Waals surface area contributed by atoms with E-state index < -0.39 is 24.6 Å². The number of benzene rings is 3. The molecule has 40 heavy (non-hydrogen) atoms.